The molecule has 0 atom stereocenters. The fourth-order valence-electron chi connectivity index (χ4n) is 3.17. The van der Waals surface area contributed by atoms with Gasteiger partial charge >= 0.3 is 0 Å². The number of piperidine rings is 2. The molecule has 2 saturated heterocycles. The first-order valence-electron chi connectivity index (χ1n) is 9.22. The summed E-state index contributed by atoms with van der Waals surface area (Å²) in [4.78, 5) is 29.5. The Morgan fingerprint density at radius 1 is 0.692 bits per heavy atom. The number of rotatable bonds is 4. The van der Waals surface area contributed by atoms with E-state index in [0.717, 1.165) is 65.0 Å². The molecule has 6 heteroatoms. The Labute approximate surface area is 163 Å². The lowest BCUT2D eigenvalue weighted by Gasteiger charge is -2.24. The van der Waals surface area contributed by atoms with E-state index in [4.69, 9.17) is 0 Å². The molecule has 0 aliphatic carbocycles. The number of carbonyl (C=O) groups excluding carboxylic acids is 2. The van der Waals surface area contributed by atoms with E-state index in [9.17, 15) is 9.59 Å². The molecule has 0 bridgehead atoms. The molecule has 2 aliphatic rings. The summed E-state index contributed by atoms with van der Waals surface area (Å²) in [6.45, 7) is 5.80. The largest absolute Gasteiger partial charge is 0.300 e. The van der Waals surface area contributed by atoms with Gasteiger partial charge in [0.15, 0.2) is 0 Å². The number of hydrogen-bond acceptors (Lipinski definition) is 6. The van der Waals surface area contributed by atoms with Crippen molar-refractivity contribution in [2.45, 2.75) is 38.8 Å². The fraction of sp³-hybridized carbons (Fsp3) is 0.500. The van der Waals surface area contributed by atoms with Crippen molar-refractivity contribution in [1.29, 1.82) is 0 Å². The summed E-state index contributed by atoms with van der Waals surface area (Å²) in [6, 6.07) is 8.46. The predicted molar refractivity (Wildman–Crippen MR) is 108 cm³/mol. The first-order chi connectivity index (χ1) is 12.7. The Kier molecular flexibility index (Phi) is 7.55. The molecule has 0 spiro atoms. The SMILES string of the molecule is O=C1CCN(Cc2cccs2)CC1.O=C1CCN(Cc2cccs2)CC1. The Hall–Kier alpha value is -1.34. The minimum Gasteiger partial charge on any atom is -0.300 e. The summed E-state index contributed by atoms with van der Waals surface area (Å²) >= 11 is 3.58. The molecule has 0 amide bonds. The molecule has 0 unspecified atom stereocenters. The molecule has 0 N–H and O–H groups in total. The number of hydrogen-bond donors (Lipinski definition) is 0. The van der Waals surface area contributed by atoms with Gasteiger partial charge in [-0.1, -0.05) is 12.1 Å². The van der Waals surface area contributed by atoms with Gasteiger partial charge in [0.05, 0.1) is 0 Å². The smallest absolute Gasteiger partial charge is 0.135 e. The van der Waals surface area contributed by atoms with Crippen LogP contribution in [0.15, 0.2) is 35.0 Å². The third kappa shape index (κ3) is 6.43. The summed E-state index contributed by atoms with van der Waals surface area (Å²) in [6.07, 6.45) is 2.97. The second-order valence-electron chi connectivity index (χ2n) is 6.79. The lowest BCUT2D eigenvalue weighted by Crippen LogP contribution is -2.32. The van der Waals surface area contributed by atoms with Crippen LogP contribution in [0.1, 0.15) is 35.4 Å². The van der Waals surface area contributed by atoms with Crippen LogP contribution in [-0.4, -0.2) is 47.5 Å². The van der Waals surface area contributed by atoms with Gasteiger partial charge in [0, 0.05) is 74.7 Å². The highest BCUT2D eigenvalue weighted by atomic mass is 32.1. The van der Waals surface area contributed by atoms with Gasteiger partial charge < -0.3 is 0 Å². The Morgan fingerprint density at radius 3 is 1.38 bits per heavy atom. The quantitative estimate of drug-likeness (QED) is 0.796. The van der Waals surface area contributed by atoms with E-state index >= 15 is 0 Å². The van der Waals surface area contributed by atoms with Crippen LogP contribution in [0.2, 0.25) is 0 Å². The van der Waals surface area contributed by atoms with Crippen molar-refractivity contribution >= 4 is 34.2 Å². The lowest BCUT2D eigenvalue weighted by molar-refractivity contribution is -0.122. The van der Waals surface area contributed by atoms with Crippen LogP contribution in [0.3, 0.4) is 0 Å². The zero-order valence-corrected chi connectivity index (χ0v) is 16.7. The summed E-state index contributed by atoms with van der Waals surface area (Å²) in [5.41, 5.74) is 0. The van der Waals surface area contributed by atoms with Crippen LogP contribution in [0.5, 0.6) is 0 Å². The Bertz CT molecular complexity index is 602. The summed E-state index contributed by atoms with van der Waals surface area (Å²) in [7, 11) is 0. The maximum Gasteiger partial charge on any atom is 0.135 e. The fourth-order valence-corrected chi connectivity index (χ4v) is 4.66. The normalized spacial score (nSPS) is 19.2. The van der Waals surface area contributed by atoms with Crippen LogP contribution >= 0.6 is 22.7 Å². The van der Waals surface area contributed by atoms with Crippen LogP contribution in [0.4, 0.5) is 0 Å². The number of carbonyl (C=O) groups is 2. The van der Waals surface area contributed by atoms with E-state index in [-0.39, 0.29) is 0 Å². The molecule has 0 aromatic carbocycles. The van der Waals surface area contributed by atoms with Crippen molar-refractivity contribution in [3.8, 4) is 0 Å². The molecule has 4 rings (SSSR count). The van der Waals surface area contributed by atoms with Gasteiger partial charge in [0.2, 0.25) is 0 Å². The van der Waals surface area contributed by atoms with Crippen molar-refractivity contribution in [1.82, 2.24) is 9.80 Å². The highest BCUT2D eigenvalue weighted by molar-refractivity contribution is 7.10. The van der Waals surface area contributed by atoms with Crippen molar-refractivity contribution < 1.29 is 9.59 Å². The molecule has 2 aromatic heterocycles. The minimum atomic E-state index is 0.419. The predicted octanol–water partition coefficient (Wildman–Crippen LogP) is 3.83. The topological polar surface area (TPSA) is 40.6 Å². The number of Topliss-reactive ketones (excluding diaryl/α,β-unsaturated/α-hetero) is 2. The van der Waals surface area contributed by atoms with E-state index in [1.54, 1.807) is 22.7 Å². The van der Waals surface area contributed by atoms with Gasteiger partial charge in [0.25, 0.3) is 0 Å². The number of thiophene rings is 2. The van der Waals surface area contributed by atoms with Crippen molar-refractivity contribution in [3.63, 3.8) is 0 Å². The minimum absolute atomic E-state index is 0.419. The zero-order chi connectivity index (χ0) is 18.2. The highest BCUT2D eigenvalue weighted by Gasteiger charge is 2.16. The van der Waals surface area contributed by atoms with Crippen molar-refractivity contribution in [3.05, 3.63) is 44.8 Å². The van der Waals surface area contributed by atoms with Crippen LogP contribution < -0.4 is 0 Å². The highest BCUT2D eigenvalue weighted by Crippen LogP contribution is 2.15. The standard InChI is InChI=1S/2C10H13NOS/c2*12-9-3-5-11(6-4-9)8-10-2-1-7-13-10/h2*1-2,7H,3-6,8H2. The van der Waals surface area contributed by atoms with E-state index in [0.29, 0.717) is 11.6 Å². The number of ketones is 2. The number of nitrogens with zero attached hydrogens (tertiary/aromatic N) is 2. The third-order valence-corrected chi connectivity index (χ3v) is 6.47. The lowest BCUT2D eigenvalue weighted by atomic mass is 10.1. The Morgan fingerprint density at radius 2 is 1.08 bits per heavy atom. The van der Waals surface area contributed by atoms with Crippen molar-refractivity contribution in [2.24, 2.45) is 0 Å². The monoisotopic (exact) mass is 390 g/mol. The first-order valence-corrected chi connectivity index (χ1v) is 11.0. The van der Waals surface area contributed by atoms with Crippen LogP contribution in [0, 0.1) is 0 Å². The van der Waals surface area contributed by atoms with E-state index in [2.05, 4.69) is 44.8 Å². The van der Waals surface area contributed by atoms with Gasteiger partial charge in [0.1, 0.15) is 11.6 Å². The molecule has 4 heterocycles. The second kappa shape index (κ2) is 10.1. The molecule has 0 saturated carbocycles. The van der Waals surface area contributed by atoms with E-state index < -0.39 is 0 Å². The maximum atomic E-state index is 11.0. The average molecular weight is 391 g/mol. The Balaban J connectivity index is 0.000000151. The van der Waals surface area contributed by atoms with E-state index in [1.807, 2.05) is 0 Å². The number of likely N-dealkylation sites (tertiary alicyclic amines) is 2. The summed E-state index contributed by atoms with van der Waals surface area (Å²) in [5, 5.41) is 4.20. The van der Waals surface area contributed by atoms with Gasteiger partial charge in [-0.3, -0.25) is 19.4 Å². The molecule has 0 radical (unpaired) electrons. The summed E-state index contributed by atoms with van der Waals surface area (Å²) in [5.74, 6) is 0.838. The van der Waals surface area contributed by atoms with Gasteiger partial charge in [-0.2, -0.15) is 0 Å². The average Bonchev–Trinajstić information content (AvgIpc) is 3.34. The van der Waals surface area contributed by atoms with Crippen LogP contribution in [0.25, 0.3) is 0 Å². The molecule has 4 nitrogen and oxygen atoms in total. The molecule has 26 heavy (non-hydrogen) atoms. The molecule has 2 fully saturated rings. The van der Waals surface area contributed by atoms with Gasteiger partial charge in [-0.05, 0) is 22.9 Å². The third-order valence-electron chi connectivity index (χ3n) is 4.75. The van der Waals surface area contributed by atoms with E-state index in [1.165, 1.54) is 9.75 Å². The second-order valence-corrected chi connectivity index (χ2v) is 8.85. The maximum absolute atomic E-state index is 11.0. The molecule has 2 aliphatic heterocycles. The van der Waals surface area contributed by atoms with Crippen LogP contribution in [-0.2, 0) is 22.7 Å². The zero-order valence-electron chi connectivity index (χ0n) is 15.1. The first kappa shape index (κ1) is 19.4. The summed E-state index contributed by atoms with van der Waals surface area (Å²) < 4.78 is 0. The van der Waals surface area contributed by atoms with Crippen molar-refractivity contribution in [2.75, 3.05) is 26.2 Å². The molecular weight excluding hydrogens is 364 g/mol. The van der Waals surface area contributed by atoms with Gasteiger partial charge in [-0.15, -0.1) is 22.7 Å². The molecule has 140 valence electrons. The van der Waals surface area contributed by atoms with Gasteiger partial charge in [-0.25, -0.2) is 0 Å². The molecule has 2 aromatic rings. The molecular formula is C20H26N2O2S2.